The Morgan fingerprint density at radius 3 is 1.30 bits per heavy atom. The molecule has 0 unspecified atom stereocenters. The van der Waals surface area contributed by atoms with Gasteiger partial charge in [0, 0.05) is 39.7 Å². The SMILES string of the molecule is CC(C)c1cc2sc3c(c2s1)C(C)(C)C1=C3C(C)(C)c2c1sc1cc(C(C)C)sc21. The fourth-order valence-electron chi connectivity index (χ4n) is 5.54. The predicted molar refractivity (Wildman–Crippen MR) is 140 cm³/mol. The van der Waals surface area contributed by atoms with Crippen LogP contribution in [-0.2, 0) is 10.8 Å². The molecule has 0 spiro atoms. The normalized spacial score (nSPS) is 19.0. The zero-order valence-electron chi connectivity index (χ0n) is 18.9. The summed E-state index contributed by atoms with van der Waals surface area (Å²) in [5.41, 5.74) is 6.65. The van der Waals surface area contributed by atoms with E-state index >= 15 is 0 Å². The first-order valence-corrected chi connectivity index (χ1v) is 14.2. The van der Waals surface area contributed by atoms with Gasteiger partial charge >= 0.3 is 0 Å². The average Bonchev–Trinajstić information content (AvgIpc) is 3.37. The Labute approximate surface area is 195 Å². The smallest absolute Gasteiger partial charge is 0.0500 e. The summed E-state index contributed by atoms with van der Waals surface area (Å²) < 4.78 is 6.11. The number of allylic oxidation sites excluding steroid dienone is 2. The number of thiophene rings is 4. The molecule has 0 aromatic carbocycles. The van der Waals surface area contributed by atoms with E-state index in [1.807, 2.05) is 22.7 Å². The molecule has 156 valence electrons. The first kappa shape index (κ1) is 19.7. The summed E-state index contributed by atoms with van der Waals surface area (Å²) in [5.74, 6) is 1.22. The molecule has 0 aliphatic heterocycles. The minimum atomic E-state index is 0.0817. The molecule has 30 heavy (non-hydrogen) atoms. The fraction of sp³-hybridized carbons (Fsp3) is 0.462. The lowest BCUT2D eigenvalue weighted by Gasteiger charge is -2.24. The molecule has 0 radical (unpaired) electrons. The summed E-state index contributed by atoms with van der Waals surface area (Å²) in [4.78, 5) is 6.21. The van der Waals surface area contributed by atoms with Crippen LogP contribution in [0.25, 0.3) is 29.9 Å². The second kappa shape index (κ2) is 5.89. The van der Waals surface area contributed by atoms with Gasteiger partial charge in [0.25, 0.3) is 0 Å². The molecule has 0 bridgehead atoms. The molecule has 0 saturated heterocycles. The van der Waals surface area contributed by atoms with Gasteiger partial charge < -0.3 is 0 Å². The number of hydrogen-bond acceptors (Lipinski definition) is 4. The van der Waals surface area contributed by atoms with Gasteiger partial charge in [-0.2, -0.15) is 0 Å². The Balaban J connectivity index is 1.62. The maximum atomic E-state index is 2.48. The van der Waals surface area contributed by atoms with Gasteiger partial charge in [-0.3, -0.25) is 0 Å². The van der Waals surface area contributed by atoms with Gasteiger partial charge in [-0.1, -0.05) is 55.4 Å². The molecule has 2 aliphatic carbocycles. The van der Waals surface area contributed by atoms with Crippen molar-refractivity contribution < 1.29 is 0 Å². The third kappa shape index (κ3) is 2.22. The predicted octanol–water partition coefficient (Wildman–Crippen LogP) is 9.98. The van der Waals surface area contributed by atoms with Gasteiger partial charge in [0.1, 0.15) is 0 Å². The summed E-state index contributed by atoms with van der Waals surface area (Å²) in [6, 6.07) is 4.93. The first-order valence-electron chi connectivity index (χ1n) is 10.9. The lowest BCUT2D eigenvalue weighted by molar-refractivity contribution is 0.711. The van der Waals surface area contributed by atoms with Crippen LogP contribution in [0.4, 0.5) is 0 Å². The van der Waals surface area contributed by atoms with Crippen molar-refractivity contribution in [2.45, 2.75) is 78.1 Å². The monoisotopic (exact) mass is 468 g/mol. The quantitative estimate of drug-likeness (QED) is 0.274. The largest absolute Gasteiger partial charge is 0.139 e. The maximum Gasteiger partial charge on any atom is 0.0500 e. The Bertz CT molecular complexity index is 1280. The Hall–Kier alpha value is -0.940. The van der Waals surface area contributed by atoms with Crippen molar-refractivity contribution in [3.8, 4) is 0 Å². The van der Waals surface area contributed by atoms with Crippen molar-refractivity contribution in [1.29, 1.82) is 0 Å². The summed E-state index contributed by atoms with van der Waals surface area (Å²) >= 11 is 8.19. The maximum absolute atomic E-state index is 2.48. The van der Waals surface area contributed by atoms with Crippen molar-refractivity contribution in [1.82, 2.24) is 0 Å². The lowest BCUT2D eigenvalue weighted by atomic mass is 9.80. The number of rotatable bonds is 2. The Kier molecular flexibility index (Phi) is 3.87. The van der Waals surface area contributed by atoms with E-state index < -0.39 is 0 Å². The number of hydrogen-bond donors (Lipinski definition) is 0. The average molecular weight is 469 g/mol. The van der Waals surface area contributed by atoms with Crippen molar-refractivity contribution in [2.24, 2.45) is 0 Å². The molecular formula is C26H28S4. The molecule has 0 fully saturated rings. The molecule has 0 amide bonds. The third-order valence-electron chi connectivity index (χ3n) is 7.11. The van der Waals surface area contributed by atoms with Gasteiger partial charge in [-0.15, -0.1) is 45.3 Å². The number of fused-ring (bicyclic) bond motifs is 8. The van der Waals surface area contributed by atoms with E-state index in [1.165, 1.54) is 19.2 Å². The van der Waals surface area contributed by atoms with E-state index in [-0.39, 0.29) is 10.8 Å². The highest BCUT2D eigenvalue weighted by Gasteiger charge is 2.53. The van der Waals surface area contributed by atoms with Crippen LogP contribution in [0.15, 0.2) is 12.1 Å². The molecule has 0 N–H and O–H groups in total. The molecule has 4 aromatic rings. The molecule has 4 aromatic heterocycles. The van der Waals surface area contributed by atoms with Crippen LogP contribution >= 0.6 is 45.3 Å². The molecule has 6 rings (SSSR count). The second-order valence-corrected chi connectivity index (χ2v) is 14.9. The Morgan fingerprint density at radius 1 is 0.600 bits per heavy atom. The van der Waals surface area contributed by atoms with Gasteiger partial charge in [0.15, 0.2) is 0 Å². The van der Waals surface area contributed by atoms with E-state index in [0.29, 0.717) is 11.8 Å². The van der Waals surface area contributed by atoms with Crippen LogP contribution in [0.5, 0.6) is 0 Å². The molecule has 4 heterocycles. The molecule has 0 nitrogen and oxygen atoms in total. The van der Waals surface area contributed by atoms with E-state index in [9.17, 15) is 0 Å². The van der Waals surface area contributed by atoms with Gasteiger partial charge in [-0.05, 0) is 46.2 Å². The van der Waals surface area contributed by atoms with E-state index in [1.54, 1.807) is 41.4 Å². The van der Waals surface area contributed by atoms with Gasteiger partial charge in [0.05, 0.1) is 9.40 Å². The lowest BCUT2D eigenvalue weighted by Crippen LogP contribution is -2.16. The van der Waals surface area contributed by atoms with Gasteiger partial charge in [0.2, 0.25) is 0 Å². The molecule has 0 atom stereocenters. The van der Waals surface area contributed by atoms with Crippen LogP contribution in [0.1, 0.15) is 97.9 Å². The first-order chi connectivity index (χ1) is 14.0. The Morgan fingerprint density at radius 2 is 0.967 bits per heavy atom. The molecule has 0 saturated carbocycles. The fourth-order valence-corrected chi connectivity index (χ4v) is 11.9. The summed E-state index contributed by atoms with van der Waals surface area (Å²) in [6.07, 6.45) is 0. The molecular weight excluding hydrogens is 441 g/mol. The topological polar surface area (TPSA) is 0 Å². The van der Waals surface area contributed by atoms with Crippen LogP contribution < -0.4 is 0 Å². The van der Waals surface area contributed by atoms with Crippen molar-refractivity contribution >= 4 is 75.3 Å². The van der Waals surface area contributed by atoms with E-state index in [0.717, 1.165) is 0 Å². The minimum Gasteiger partial charge on any atom is -0.139 e. The van der Waals surface area contributed by atoms with Gasteiger partial charge in [-0.25, -0.2) is 0 Å². The highest BCUT2D eigenvalue weighted by Crippen LogP contribution is 2.69. The molecule has 4 heteroatoms. The summed E-state index contributed by atoms with van der Waals surface area (Å²) in [5, 5.41) is 0. The van der Waals surface area contributed by atoms with Crippen molar-refractivity contribution in [2.75, 3.05) is 0 Å². The van der Waals surface area contributed by atoms with Crippen LogP contribution in [-0.4, -0.2) is 0 Å². The van der Waals surface area contributed by atoms with Crippen LogP contribution in [0.3, 0.4) is 0 Å². The standard InChI is InChI=1S/C26H28S4/c1-11(2)13-9-15-21(27-13)19-23(29-15)17-18(25(19,5)6)24-20(26(17,7)8)22-16(30-24)10-14(28-22)12(3)4/h9-12H,1-8H3. The minimum absolute atomic E-state index is 0.0817. The highest BCUT2D eigenvalue weighted by atomic mass is 32.1. The third-order valence-corrected chi connectivity index (χ3v) is 12.6. The van der Waals surface area contributed by atoms with E-state index in [2.05, 4.69) is 90.2 Å². The summed E-state index contributed by atoms with van der Waals surface area (Å²) in [7, 11) is 0. The van der Waals surface area contributed by atoms with Crippen LogP contribution in [0.2, 0.25) is 0 Å². The highest BCUT2D eigenvalue weighted by molar-refractivity contribution is 7.30. The van der Waals surface area contributed by atoms with Crippen LogP contribution in [0, 0.1) is 0 Å². The summed E-state index contributed by atoms with van der Waals surface area (Å²) in [6.45, 7) is 19.2. The van der Waals surface area contributed by atoms with Crippen molar-refractivity contribution in [3.05, 3.63) is 42.8 Å². The zero-order chi connectivity index (χ0) is 21.3. The van der Waals surface area contributed by atoms with E-state index in [4.69, 9.17) is 0 Å². The molecule has 2 aliphatic rings. The zero-order valence-corrected chi connectivity index (χ0v) is 22.2. The van der Waals surface area contributed by atoms with Crippen molar-refractivity contribution in [3.63, 3.8) is 0 Å². The second-order valence-electron chi connectivity index (χ2n) is 10.6.